The Morgan fingerprint density at radius 3 is 2.33 bits per heavy atom. The largest absolute Gasteiger partial charge is 0.573 e. The number of alkyl halides is 3. The van der Waals surface area contributed by atoms with Crippen molar-refractivity contribution in [3.8, 4) is 28.7 Å². The van der Waals surface area contributed by atoms with Crippen molar-refractivity contribution in [2.45, 2.75) is 26.8 Å². The van der Waals surface area contributed by atoms with Crippen molar-refractivity contribution in [2.24, 2.45) is 0 Å². The monoisotopic (exact) mass is 414 g/mol. The lowest BCUT2D eigenvalue weighted by atomic mass is 10.1. The average Bonchev–Trinajstić information content (AvgIpc) is 3.30. The first kappa shape index (κ1) is 19.7. The summed E-state index contributed by atoms with van der Waals surface area (Å²) in [5.41, 5.74) is 3.35. The van der Waals surface area contributed by atoms with E-state index in [4.69, 9.17) is 4.52 Å². The van der Waals surface area contributed by atoms with E-state index in [1.165, 1.54) is 29.8 Å². The van der Waals surface area contributed by atoms with E-state index in [1.807, 2.05) is 24.6 Å². The van der Waals surface area contributed by atoms with Crippen LogP contribution in [0.3, 0.4) is 0 Å². The number of nitrogens with zero attached hydrogens (tertiary/aromatic N) is 4. The summed E-state index contributed by atoms with van der Waals surface area (Å²) in [4.78, 5) is 8.79. The predicted molar refractivity (Wildman–Crippen MR) is 103 cm³/mol. The van der Waals surface area contributed by atoms with Gasteiger partial charge >= 0.3 is 6.36 Å². The van der Waals surface area contributed by atoms with Gasteiger partial charge in [-0.15, -0.1) is 13.2 Å². The number of rotatable bonds is 5. The minimum Gasteiger partial charge on any atom is -0.406 e. The third-order valence-electron chi connectivity index (χ3n) is 4.44. The summed E-state index contributed by atoms with van der Waals surface area (Å²) < 4.78 is 48.0. The molecular formula is C21H17F3N4O2. The predicted octanol–water partition coefficient (Wildman–Crippen LogP) is 5.16. The molecule has 0 radical (unpaired) electrons. The van der Waals surface area contributed by atoms with Crippen LogP contribution in [0.1, 0.15) is 17.0 Å². The molecule has 4 rings (SSSR count). The van der Waals surface area contributed by atoms with E-state index in [9.17, 15) is 13.2 Å². The molecule has 2 aromatic carbocycles. The van der Waals surface area contributed by atoms with E-state index in [1.54, 1.807) is 0 Å². The Hall–Kier alpha value is -3.62. The number of aryl methyl sites for hydroxylation is 2. The standard InChI is InChI=1S/C21H17F3N4O2/c1-13-3-5-15(6-4-13)11-28-12-18(25-14(28)2)20-26-19(27-30-20)16-7-9-17(10-8-16)29-21(22,23)24/h3-10,12H,11H2,1-2H3. The van der Waals surface area contributed by atoms with Crippen LogP contribution in [0, 0.1) is 13.8 Å². The van der Waals surface area contributed by atoms with Crippen LogP contribution in [0.15, 0.2) is 59.3 Å². The van der Waals surface area contributed by atoms with Gasteiger partial charge in [-0.1, -0.05) is 35.0 Å². The maximum absolute atomic E-state index is 12.3. The third kappa shape index (κ3) is 4.51. The van der Waals surface area contributed by atoms with E-state index < -0.39 is 6.36 Å². The van der Waals surface area contributed by atoms with Gasteiger partial charge in [-0.3, -0.25) is 0 Å². The summed E-state index contributed by atoms with van der Waals surface area (Å²) in [5.74, 6) is 0.945. The Labute approximate surface area is 169 Å². The zero-order valence-corrected chi connectivity index (χ0v) is 16.1. The Morgan fingerprint density at radius 1 is 0.967 bits per heavy atom. The van der Waals surface area contributed by atoms with Crippen LogP contribution in [0.2, 0.25) is 0 Å². The van der Waals surface area contributed by atoms with Crippen LogP contribution in [0.5, 0.6) is 5.75 Å². The fourth-order valence-electron chi connectivity index (χ4n) is 2.91. The second-order valence-electron chi connectivity index (χ2n) is 6.78. The van der Waals surface area contributed by atoms with Crippen molar-refractivity contribution in [1.29, 1.82) is 0 Å². The number of ether oxygens (including phenoxy) is 1. The fraction of sp³-hybridized carbons (Fsp3) is 0.190. The van der Waals surface area contributed by atoms with Gasteiger partial charge in [0.05, 0.1) is 0 Å². The quantitative estimate of drug-likeness (QED) is 0.451. The Bertz CT molecular complexity index is 1150. The molecule has 6 nitrogen and oxygen atoms in total. The van der Waals surface area contributed by atoms with Crippen LogP contribution in [0.25, 0.3) is 23.0 Å². The van der Waals surface area contributed by atoms with E-state index in [0.29, 0.717) is 17.8 Å². The number of benzene rings is 2. The summed E-state index contributed by atoms with van der Waals surface area (Å²) >= 11 is 0. The molecule has 0 atom stereocenters. The highest BCUT2D eigenvalue weighted by Crippen LogP contribution is 2.27. The summed E-state index contributed by atoms with van der Waals surface area (Å²) in [6.07, 6.45) is -2.91. The molecule has 0 aliphatic heterocycles. The Balaban J connectivity index is 1.52. The van der Waals surface area contributed by atoms with Gasteiger partial charge in [0.2, 0.25) is 5.82 Å². The van der Waals surface area contributed by atoms with Gasteiger partial charge in [0, 0.05) is 18.3 Å². The normalized spacial score (nSPS) is 11.6. The summed E-state index contributed by atoms with van der Waals surface area (Å²) in [6, 6.07) is 13.5. The highest BCUT2D eigenvalue weighted by atomic mass is 19.4. The lowest BCUT2D eigenvalue weighted by molar-refractivity contribution is -0.274. The highest BCUT2D eigenvalue weighted by Gasteiger charge is 2.31. The van der Waals surface area contributed by atoms with Gasteiger partial charge in [-0.2, -0.15) is 4.98 Å². The lowest BCUT2D eigenvalue weighted by Gasteiger charge is -2.08. The number of imidazole rings is 1. The van der Waals surface area contributed by atoms with Crippen molar-refractivity contribution in [3.63, 3.8) is 0 Å². The topological polar surface area (TPSA) is 66.0 Å². The molecule has 154 valence electrons. The minimum atomic E-state index is -4.74. The smallest absolute Gasteiger partial charge is 0.406 e. The van der Waals surface area contributed by atoms with E-state index in [2.05, 4.69) is 44.1 Å². The van der Waals surface area contributed by atoms with Crippen molar-refractivity contribution in [2.75, 3.05) is 0 Å². The maximum Gasteiger partial charge on any atom is 0.573 e. The van der Waals surface area contributed by atoms with E-state index in [0.717, 1.165) is 11.4 Å². The van der Waals surface area contributed by atoms with Gasteiger partial charge < -0.3 is 13.8 Å². The average molecular weight is 414 g/mol. The van der Waals surface area contributed by atoms with E-state index >= 15 is 0 Å². The molecule has 2 heterocycles. The molecule has 4 aromatic rings. The van der Waals surface area contributed by atoms with Gasteiger partial charge in [-0.05, 0) is 43.7 Å². The molecule has 0 fully saturated rings. The van der Waals surface area contributed by atoms with E-state index in [-0.39, 0.29) is 17.5 Å². The molecule has 0 aliphatic rings. The van der Waals surface area contributed by atoms with Crippen molar-refractivity contribution in [3.05, 3.63) is 71.7 Å². The highest BCUT2D eigenvalue weighted by molar-refractivity contribution is 5.58. The van der Waals surface area contributed by atoms with Crippen molar-refractivity contribution < 1.29 is 22.4 Å². The van der Waals surface area contributed by atoms with Gasteiger partial charge in [0.25, 0.3) is 5.89 Å². The van der Waals surface area contributed by atoms with Crippen molar-refractivity contribution >= 4 is 0 Å². The van der Waals surface area contributed by atoms with Crippen molar-refractivity contribution in [1.82, 2.24) is 19.7 Å². The second-order valence-corrected chi connectivity index (χ2v) is 6.78. The van der Waals surface area contributed by atoms with Crippen LogP contribution in [-0.2, 0) is 6.54 Å². The molecule has 0 saturated heterocycles. The lowest BCUT2D eigenvalue weighted by Crippen LogP contribution is -2.16. The first-order chi connectivity index (χ1) is 14.3. The number of hydrogen-bond donors (Lipinski definition) is 0. The molecule has 0 N–H and O–H groups in total. The third-order valence-corrected chi connectivity index (χ3v) is 4.44. The Morgan fingerprint density at radius 2 is 1.67 bits per heavy atom. The molecule has 0 bridgehead atoms. The molecule has 0 spiro atoms. The first-order valence-electron chi connectivity index (χ1n) is 9.06. The van der Waals surface area contributed by atoms with Crippen LogP contribution in [-0.4, -0.2) is 26.1 Å². The zero-order valence-electron chi connectivity index (χ0n) is 16.1. The van der Waals surface area contributed by atoms with Gasteiger partial charge in [-0.25, -0.2) is 4.98 Å². The summed E-state index contributed by atoms with van der Waals surface area (Å²) in [5, 5.41) is 3.90. The fourth-order valence-corrected chi connectivity index (χ4v) is 2.91. The molecule has 2 aromatic heterocycles. The molecule has 0 saturated carbocycles. The molecule has 9 heteroatoms. The number of hydrogen-bond acceptors (Lipinski definition) is 5. The Kier molecular flexibility index (Phi) is 5.03. The molecule has 30 heavy (non-hydrogen) atoms. The zero-order chi connectivity index (χ0) is 21.3. The molecule has 0 unspecified atom stereocenters. The number of halogens is 3. The molecule has 0 amide bonds. The van der Waals surface area contributed by atoms with Crippen LogP contribution < -0.4 is 4.74 Å². The molecule has 0 aliphatic carbocycles. The van der Waals surface area contributed by atoms with Crippen LogP contribution >= 0.6 is 0 Å². The minimum absolute atomic E-state index is 0.228. The van der Waals surface area contributed by atoms with Gasteiger partial charge in [0.1, 0.15) is 17.3 Å². The SMILES string of the molecule is Cc1ccc(Cn2cc(-c3nc(-c4ccc(OC(F)(F)F)cc4)no3)nc2C)cc1. The second kappa shape index (κ2) is 7.66. The van der Waals surface area contributed by atoms with Gasteiger partial charge in [0.15, 0.2) is 0 Å². The maximum atomic E-state index is 12.3. The molecular weight excluding hydrogens is 397 g/mol. The first-order valence-corrected chi connectivity index (χ1v) is 9.06. The number of aromatic nitrogens is 4. The van der Waals surface area contributed by atoms with Crippen LogP contribution in [0.4, 0.5) is 13.2 Å². The summed E-state index contributed by atoms with van der Waals surface area (Å²) in [7, 11) is 0. The summed E-state index contributed by atoms with van der Waals surface area (Å²) in [6.45, 7) is 4.57.